The standard InChI is InChI=1S/C9H18N2O2/c1-2-13-5-3-4-11-8-10-6-9(11)7-12/h6,10,12H,2-5,7-8H2,1H3. The van der Waals surface area contributed by atoms with Crippen molar-refractivity contribution in [1.82, 2.24) is 10.2 Å². The highest BCUT2D eigenvalue weighted by Crippen LogP contribution is 2.07. The summed E-state index contributed by atoms with van der Waals surface area (Å²) in [5, 5.41) is 12.0. The molecule has 0 aliphatic carbocycles. The number of hydrogen-bond acceptors (Lipinski definition) is 4. The van der Waals surface area contributed by atoms with Crippen molar-refractivity contribution >= 4 is 0 Å². The number of nitrogens with zero attached hydrogens (tertiary/aromatic N) is 1. The lowest BCUT2D eigenvalue weighted by molar-refractivity contribution is 0.135. The Labute approximate surface area is 79.2 Å². The maximum atomic E-state index is 8.96. The molecular weight excluding hydrogens is 168 g/mol. The van der Waals surface area contributed by atoms with Crippen molar-refractivity contribution in [3.05, 3.63) is 11.9 Å². The lowest BCUT2D eigenvalue weighted by Gasteiger charge is -2.19. The van der Waals surface area contributed by atoms with Gasteiger partial charge in [0.05, 0.1) is 19.0 Å². The Morgan fingerprint density at radius 2 is 2.54 bits per heavy atom. The van der Waals surface area contributed by atoms with Crippen LogP contribution in [0.3, 0.4) is 0 Å². The SMILES string of the molecule is CCOCCCN1CNC=C1CO. The Bertz CT molecular complexity index is 171. The van der Waals surface area contributed by atoms with Gasteiger partial charge in [0.15, 0.2) is 0 Å². The Morgan fingerprint density at radius 3 is 3.23 bits per heavy atom. The highest BCUT2D eigenvalue weighted by Gasteiger charge is 2.12. The van der Waals surface area contributed by atoms with Gasteiger partial charge in [0, 0.05) is 26.0 Å². The number of ether oxygens (including phenoxy) is 1. The van der Waals surface area contributed by atoms with Gasteiger partial charge in [-0.15, -0.1) is 0 Å². The molecule has 1 aliphatic rings. The van der Waals surface area contributed by atoms with Crippen LogP contribution in [0.4, 0.5) is 0 Å². The Hall–Kier alpha value is -0.740. The van der Waals surface area contributed by atoms with E-state index in [4.69, 9.17) is 9.84 Å². The van der Waals surface area contributed by atoms with Gasteiger partial charge in [-0.25, -0.2) is 0 Å². The van der Waals surface area contributed by atoms with E-state index in [2.05, 4.69) is 10.2 Å². The molecule has 0 aromatic heterocycles. The van der Waals surface area contributed by atoms with Gasteiger partial charge in [-0.2, -0.15) is 0 Å². The zero-order valence-corrected chi connectivity index (χ0v) is 8.12. The van der Waals surface area contributed by atoms with Crippen LogP contribution >= 0.6 is 0 Å². The van der Waals surface area contributed by atoms with E-state index >= 15 is 0 Å². The summed E-state index contributed by atoms with van der Waals surface area (Å²) in [6.07, 6.45) is 2.87. The maximum absolute atomic E-state index is 8.96. The van der Waals surface area contributed by atoms with E-state index in [-0.39, 0.29) is 6.61 Å². The topological polar surface area (TPSA) is 44.7 Å². The van der Waals surface area contributed by atoms with Crippen LogP contribution in [0.2, 0.25) is 0 Å². The quantitative estimate of drug-likeness (QED) is 0.578. The van der Waals surface area contributed by atoms with Crippen LogP contribution in [-0.4, -0.2) is 43.0 Å². The zero-order valence-electron chi connectivity index (χ0n) is 8.12. The normalized spacial score (nSPS) is 15.8. The van der Waals surface area contributed by atoms with Crippen molar-refractivity contribution in [2.75, 3.05) is 33.0 Å². The van der Waals surface area contributed by atoms with Gasteiger partial charge in [-0.3, -0.25) is 0 Å². The predicted octanol–water partition coefficient (Wildman–Crippen LogP) is 0.109. The van der Waals surface area contributed by atoms with E-state index in [0.29, 0.717) is 0 Å². The molecule has 0 unspecified atom stereocenters. The van der Waals surface area contributed by atoms with E-state index in [1.165, 1.54) is 0 Å². The minimum absolute atomic E-state index is 0.113. The second-order valence-corrected chi connectivity index (χ2v) is 2.97. The fourth-order valence-electron chi connectivity index (χ4n) is 1.34. The molecule has 0 bridgehead atoms. The third-order valence-electron chi connectivity index (χ3n) is 2.04. The summed E-state index contributed by atoms with van der Waals surface area (Å²) in [6.45, 7) is 5.44. The minimum Gasteiger partial charge on any atom is -0.390 e. The number of hydrogen-bond donors (Lipinski definition) is 2. The van der Waals surface area contributed by atoms with E-state index in [1.54, 1.807) is 0 Å². The third kappa shape index (κ3) is 3.24. The first-order valence-electron chi connectivity index (χ1n) is 4.74. The molecule has 1 aliphatic heterocycles. The van der Waals surface area contributed by atoms with E-state index < -0.39 is 0 Å². The molecule has 0 spiro atoms. The fraction of sp³-hybridized carbons (Fsp3) is 0.778. The molecule has 0 saturated heterocycles. The van der Waals surface area contributed by atoms with Crippen LogP contribution in [-0.2, 0) is 4.74 Å². The largest absolute Gasteiger partial charge is 0.390 e. The monoisotopic (exact) mass is 186 g/mol. The lowest BCUT2D eigenvalue weighted by Crippen LogP contribution is -2.26. The van der Waals surface area contributed by atoms with Gasteiger partial charge >= 0.3 is 0 Å². The summed E-state index contributed by atoms with van der Waals surface area (Å²) in [5.41, 5.74) is 0.969. The second kappa shape index (κ2) is 5.83. The molecule has 4 nitrogen and oxygen atoms in total. The molecule has 76 valence electrons. The Kier molecular flexibility index (Phi) is 4.64. The van der Waals surface area contributed by atoms with Crippen molar-refractivity contribution in [3.8, 4) is 0 Å². The average molecular weight is 186 g/mol. The lowest BCUT2D eigenvalue weighted by atomic mass is 10.4. The molecule has 13 heavy (non-hydrogen) atoms. The highest BCUT2D eigenvalue weighted by molar-refractivity contribution is 5.04. The van der Waals surface area contributed by atoms with Crippen molar-refractivity contribution in [2.45, 2.75) is 13.3 Å². The first-order valence-corrected chi connectivity index (χ1v) is 4.74. The zero-order chi connectivity index (χ0) is 9.52. The molecule has 0 atom stereocenters. The Morgan fingerprint density at radius 1 is 1.69 bits per heavy atom. The number of aliphatic hydroxyl groups excluding tert-OH is 1. The summed E-state index contributed by atoms with van der Waals surface area (Å²) < 4.78 is 5.23. The maximum Gasteiger partial charge on any atom is 0.0870 e. The first kappa shape index (κ1) is 10.3. The second-order valence-electron chi connectivity index (χ2n) is 2.97. The summed E-state index contributed by atoms with van der Waals surface area (Å²) in [7, 11) is 0. The molecule has 1 rings (SSSR count). The van der Waals surface area contributed by atoms with Gasteiger partial charge in [-0.1, -0.05) is 0 Å². The molecule has 0 amide bonds. The average Bonchev–Trinajstić information content (AvgIpc) is 2.60. The van der Waals surface area contributed by atoms with Crippen molar-refractivity contribution < 1.29 is 9.84 Å². The summed E-state index contributed by atoms with van der Waals surface area (Å²) in [6, 6.07) is 0. The fourth-order valence-corrected chi connectivity index (χ4v) is 1.34. The smallest absolute Gasteiger partial charge is 0.0870 e. The molecule has 0 aromatic carbocycles. The van der Waals surface area contributed by atoms with Gasteiger partial charge < -0.3 is 20.1 Å². The van der Waals surface area contributed by atoms with E-state index in [1.807, 2.05) is 13.1 Å². The summed E-state index contributed by atoms with van der Waals surface area (Å²) >= 11 is 0. The summed E-state index contributed by atoms with van der Waals surface area (Å²) in [5.74, 6) is 0. The summed E-state index contributed by atoms with van der Waals surface area (Å²) in [4.78, 5) is 2.12. The van der Waals surface area contributed by atoms with Gasteiger partial charge in [-0.05, 0) is 13.3 Å². The minimum atomic E-state index is 0.113. The number of rotatable bonds is 6. The molecule has 0 saturated carbocycles. The van der Waals surface area contributed by atoms with Gasteiger partial charge in [0.1, 0.15) is 0 Å². The molecule has 0 fully saturated rings. The van der Waals surface area contributed by atoms with Gasteiger partial charge in [0.2, 0.25) is 0 Å². The van der Waals surface area contributed by atoms with Crippen molar-refractivity contribution in [1.29, 1.82) is 0 Å². The number of nitrogens with one attached hydrogen (secondary N) is 1. The molecule has 1 heterocycles. The number of aliphatic hydroxyl groups is 1. The van der Waals surface area contributed by atoms with Crippen LogP contribution in [0.15, 0.2) is 11.9 Å². The van der Waals surface area contributed by atoms with Crippen LogP contribution in [0.1, 0.15) is 13.3 Å². The van der Waals surface area contributed by atoms with Crippen LogP contribution in [0.5, 0.6) is 0 Å². The van der Waals surface area contributed by atoms with E-state index in [0.717, 1.165) is 38.5 Å². The predicted molar refractivity (Wildman–Crippen MR) is 51.0 cm³/mol. The molecule has 0 radical (unpaired) electrons. The van der Waals surface area contributed by atoms with Gasteiger partial charge in [0.25, 0.3) is 0 Å². The molecular formula is C9H18N2O2. The Balaban J connectivity index is 2.11. The molecule has 2 N–H and O–H groups in total. The first-order chi connectivity index (χ1) is 6.38. The van der Waals surface area contributed by atoms with Crippen LogP contribution in [0, 0.1) is 0 Å². The van der Waals surface area contributed by atoms with Crippen molar-refractivity contribution in [2.24, 2.45) is 0 Å². The highest BCUT2D eigenvalue weighted by atomic mass is 16.5. The van der Waals surface area contributed by atoms with Crippen molar-refractivity contribution in [3.63, 3.8) is 0 Å². The van der Waals surface area contributed by atoms with E-state index in [9.17, 15) is 0 Å². The molecule has 0 aromatic rings. The van der Waals surface area contributed by atoms with Crippen LogP contribution < -0.4 is 5.32 Å². The third-order valence-corrected chi connectivity index (χ3v) is 2.04. The van der Waals surface area contributed by atoms with Crippen LogP contribution in [0.25, 0.3) is 0 Å². The molecule has 4 heteroatoms.